The lowest BCUT2D eigenvalue weighted by Crippen LogP contribution is -2.43. The summed E-state index contributed by atoms with van der Waals surface area (Å²) in [4.78, 5) is 38.1. The Hall–Kier alpha value is -2.22. The number of aryl methyl sites for hydroxylation is 2. The number of sulfone groups is 1. The van der Waals surface area contributed by atoms with Crippen molar-refractivity contribution in [2.45, 2.75) is 51.5 Å². The van der Waals surface area contributed by atoms with Crippen LogP contribution in [0.1, 0.15) is 54.1 Å². The van der Waals surface area contributed by atoms with E-state index in [-0.39, 0.29) is 36.2 Å². The minimum atomic E-state index is -3.10. The van der Waals surface area contributed by atoms with E-state index in [4.69, 9.17) is 4.74 Å². The van der Waals surface area contributed by atoms with E-state index in [9.17, 15) is 22.8 Å². The Morgan fingerprint density at radius 1 is 1.14 bits per heavy atom. The number of benzene rings is 1. The number of fused-ring (bicyclic) bond motifs is 1. The maximum atomic E-state index is 12.3. The van der Waals surface area contributed by atoms with Gasteiger partial charge in [-0.15, -0.1) is 0 Å². The molecule has 1 aromatic carbocycles. The van der Waals surface area contributed by atoms with Crippen LogP contribution < -0.4 is 0 Å². The SMILES string of the molecule is CCN(C(=O)COC(=O)CCC(=O)c1ccc2c(c1)CCC2)C1CCS(=O)(=O)C1. The smallest absolute Gasteiger partial charge is 0.306 e. The van der Waals surface area contributed by atoms with Crippen LogP contribution in [0.2, 0.25) is 0 Å². The summed E-state index contributed by atoms with van der Waals surface area (Å²) in [6.07, 6.45) is 3.49. The maximum Gasteiger partial charge on any atom is 0.306 e. The Balaban J connectivity index is 1.44. The van der Waals surface area contributed by atoms with Crippen LogP contribution in [0.25, 0.3) is 0 Å². The maximum absolute atomic E-state index is 12.3. The van der Waals surface area contributed by atoms with Gasteiger partial charge in [-0.1, -0.05) is 12.1 Å². The molecule has 1 aliphatic carbocycles. The Morgan fingerprint density at radius 3 is 2.59 bits per heavy atom. The van der Waals surface area contributed by atoms with Crippen molar-refractivity contribution in [2.75, 3.05) is 24.7 Å². The number of nitrogens with zero attached hydrogens (tertiary/aromatic N) is 1. The summed E-state index contributed by atoms with van der Waals surface area (Å²) in [5, 5.41) is 0. The number of Topliss-reactive ketones (excluding diaryl/α,β-unsaturated/α-hetero) is 1. The van der Waals surface area contributed by atoms with Gasteiger partial charge in [0.2, 0.25) is 0 Å². The molecule has 0 saturated carbocycles. The number of ether oxygens (including phenoxy) is 1. The molecule has 2 aliphatic rings. The van der Waals surface area contributed by atoms with Crippen LogP contribution in [0.3, 0.4) is 0 Å². The average molecular weight is 422 g/mol. The van der Waals surface area contributed by atoms with Gasteiger partial charge >= 0.3 is 5.97 Å². The first kappa shape index (κ1) is 21.5. The van der Waals surface area contributed by atoms with Crippen LogP contribution in [-0.4, -0.2) is 61.7 Å². The second-order valence-electron chi connectivity index (χ2n) is 7.66. The highest BCUT2D eigenvalue weighted by Crippen LogP contribution is 2.23. The lowest BCUT2D eigenvalue weighted by molar-refractivity contribution is -0.152. The number of ketones is 1. The number of amides is 1. The molecule has 8 heteroatoms. The molecule has 1 heterocycles. The lowest BCUT2D eigenvalue weighted by atomic mass is 10.0. The van der Waals surface area contributed by atoms with Crippen molar-refractivity contribution in [2.24, 2.45) is 0 Å². The number of likely N-dealkylation sites (N-methyl/N-ethyl adjacent to an activating group) is 1. The summed E-state index contributed by atoms with van der Waals surface area (Å²) in [6.45, 7) is 1.68. The second-order valence-corrected chi connectivity index (χ2v) is 9.89. The zero-order valence-corrected chi connectivity index (χ0v) is 17.5. The van der Waals surface area contributed by atoms with E-state index < -0.39 is 28.3 Å². The fraction of sp³-hybridized carbons (Fsp3) is 0.571. The summed E-state index contributed by atoms with van der Waals surface area (Å²) in [5.74, 6) is -1.10. The summed E-state index contributed by atoms with van der Waals surface area (Å²) in [5.41, 5.74) is 3.10. The predicted molar refractivity (Wildman–Crippen MR) is 107 cm³/mol. The van der Waals surface area contributed by atoms with Crippen LogP contribution in [0.4, 0.5) is 0 Å². The average Bonchev–Trinajstić information content (AvgIpc) is 3.30. The largest absolute Gasteiger partial charge is 0.456 e. The highest BCUT2D eigenvalue weighted by atomic mass is 32.2. The molecule has 0 radical (unpaired) electrons. The van der Waals surface area contributed by atoms with Gasteiger partial charge in [-0.3, -0.25) is 14.4 Å². The molecule has 7 nitrogen and oxygen atoms in total. The minimum Gasteiger partial charge on any atom is -0.456 e. The first-order valence-corrected chi connectivity index (χ1v) is 11.9. The molecule has 0 aromatic heterocycles. The highest BCUT2D eigenvalue weighted by Gasteiger charge is 2.34. The standard InChI is InChI=1S/C21H27NO6S/c1-2-22(18-10-11-29(26,27)14-18)20(24)13-28-21(25)9-8-19(23)17-7-6-15-4-3-5-16(15)12-17/h6-7,12,18H,2-5,8-11,13-14H2,1H3. The molecule has 3 rings (SSSR count). The van der Waals surface area contributed by atoms with Crippen molar-refractivity contribution in [3.63, 3.8) is 0 Å². The third-order valence-electron chi connectivity index (χ3n) is 5.64. The molecule has 1 unspecified atom stereocenters. The van der Waals surface area contributed by atoms with Crippen molar-refractivity contribution in [3.8, 4) is 0 Å². The lowest BCUT2D eigenvalue weighted by Gasteiger charge is -2.26. The number of carbonyl (C=O) groups excluding carboxylic acids is 3. The highest BCUT2D eigenvalue weighted by molar-refractivity contribution is 7.91. The zero-order chi connectivity index (χ0) is 21.0. The van der Waals surface area contributed by atoms with Crippen molar-refractivity contribution < 1.29 is 27.5 Å². The summed E-state index contributed by atoms with van der Waals surface area (Å²) < 4.78 is 28.3. The van der Waals surface area contributed by atoms with Gasteiger partial charge in [-0.2, -0.15) is 0 Å². The molecule has 29 heavy (non-hydrogen) atoms. The molecular weight excluding hydrogens is 394 g/mol. The first-order chi connectivity index (χ1) is 13.8. The monoisotopic (exact) mass is 421 g/mol. The normalized spacial score (nSPS) is 19.6. The third-order valence-corrected chi connectivity index (χ3v) is 7.39. The molecule has 1 atom stereocenters. The van der Waals surface area contributed by atoms with E-state index in [0.29, 0.717) is 18.5 Å². The fourth-order valence-electron chi connectivity index (χ4n) is 4.06. The number of hydrogen-bond donors (Lipinski definition) is 0. The van der Waals surface area contributed by atoms with E-state index in [1.54, 1.807) is 13.0 Å². The van der Waals surface area contributed by atoms with E-state index in [1.807, 2.05) is 12.1 Å². The Morgan fingerprint density at radius 2 is 1.90 bits per heavy atom. The Bertz CT molecular complexity index is 908. The number of rotatable bonds is 8. The number of carbonyl (C=O) groups is 3. The van der Waals surface area contributed by atoms with E-state index >= 15 is 0 Å². The molecule has 1 amide bonds. The summed E-state index contributed by atoms with van der Waals surface area (Å²) >= 11 is 0. The molecule has 1 fully saturated rings. The summed E-state index contributed by atoms with van der Waals surface area (Å²) in [6, 6.07) is 5.33. The van der Waals surface area contributed by atoms with Crippen molar-refractivity contribution >= 4 is 27.5 Å². The van der Waals surface area contributed by atoms with E-state index in [0.717, 1.165) is 19.3 Å². The molecule has 1 aromatic rings. The Kier molecular flexibility index (Phi) is 6.72. The number of hydrogen-bond acceptors (Lipinski definition) is 6. The van der Waals surface area contributed by atoms with Crippen LogP contribution in [-0.2, 0) is 37.0 Å². The zero-order valence-electron chi connectivity index (χ0n) is 16.7. The van der Waals surface area contributed by atoms with Crippen LogP contribution in [0.5, 0.6) is 0 Å². The van der Waals surface area contributed by atoms with Crippen LogP contribution in [0.15, 0.2) is 18.2 Å². The second kappa shape index (κ2) is 9.07. The van der Waals surface area contributed by atoms with Gasteiger partial charge < -0.3 is 9.64 Å². The third kappa shape index (κ3) is 5.44. The van der Waals surface area contributed by atoms with Gasteiger partial charge in [0.25, 0.3) is 5.91 Å². The van der Waals surface area contributed by atoms with Gasteiger partial charge in [0.05, 0.1) is 17.9 Å². The number of esters is 1. The molecule has 1 saturated heterocycles. The Labute approximate surface area is 171 Å². The molecule has 0 bridgehead atoms. The molecule has 0 spiro atoms. The molecule has 0 N–H and O–H groups in total. The fourth-order valence-corrected chi connectivity index (χ4v) is 5.79. The van der Waals surface area contributed by atoms with E-state index in [1.165, 1.54) is 16.0 Å². The van der Waals surface area contributed by atoms with Gasteiger partial charge in [-0.25, -0.2) is 8.42 Å². The van der Waals surface area contributed by atoms with Crippen molar-refractivity contribution in [3.05, 3.63) is 34.9 Å². The van der Waals surface area contributed by atoms with E-state index in [2.05, 4.69) is 0 Å². The van der Waals surface area contributed by atoms with Gasteiger partial charge in [0.1, 0.15) is 0 Å². The van der Waals surface area contributed by atoms with Crippen molar-refractivity contribution in [1.29, 1.82) is 0 Å². The molecule has 158 valence electrons. The topological polar surface area (TPSA) is 97.8 Å². The van der Waals surface area contributed by atoms with Crippen molar-refractivity contribution in [1.82, 2.24) is 4.90 Å². The first-order valence-electron chi connectivity index (χ1n) is 10.1. The van der Waals surface area contributed by atoms with Gasteiger partial charge in [0.15, 0.2) is 22.2 Å². The van der Waals surface area contributed by atoms with Gasteiger partial charge in [-0.05, 0) is 49.8 Å². The quantitative estimate of drug-likeness (QED) is 0.468. The predicted octanol–water partition coefficient (Wildman–Crippen LogP) is 1.72. The molecular formula is C21H27NO6S. The minimum absolute atomic E-state index is 0.0319. The van der Waals surface area contributed by atoms with Crippen LogP contribution in [0, 0.1) is 0 Å². The van der Waals surface area contributed by atoms with Gasteiger partial charge in [0, 0.05) is 24.6 Å². The van der Waals surface area contributed by atoms with Crippen LogP contribution >= 0.6 is 0 Å². The summed E-state index contributed by atoms with van der Waals surface area (Å²) in [7, 11) is -3.10. The molecule has 1 aliphatic heterocycles.